The number of rotatable bonds is 3. The molecule has 0 saturated heterocycles. The first kappa shape index (κ1) is 21.3. The molecule has 3 rings (SSSR count). The van der Waals surface area contributed by atoms with Gasteiger partial charge < -0.3 is 0 Å². The number of benzene rings is 2. The molecule has 1 heterocycles. The van der Waals surface area contributed by atoms with Gasteiger partial charge in [0.2, 0.25) is 10.0 Å². The lowest BCUT2D eigenvalue weighted by Crippen LogP contribution is -2.34. The average molecular weight is 442 g/mol. The zero-order valence-corrected chi connectivity index (χ0v) is 18.9. The van der Waals surface area contributed by atoms with Crippen LogP contribution in [0.2, 0.25) is 5.02 Å². The highest BCUT2D eigenvalue weighted by Crippen LogP contribution is 2.36. The molecule has 1 N–H and O–H groups in total. The Labute approximate surface area is 172 Å². The van der Waals surface area contributed by atoms with Crippen LogP contribution >= 0.6 is 11.6 Å². The monoisotopic (exact) mass is 441 g/mol. The van der Waals surface area contributed by atoms with Gasteiger partial charge in [0.15, 0.2) is 9.84 Å². The Morgan fingerprint density at radius 2 is 1.50 bits per heavy atom. The molecule has 0 unspecified atom stereocenters. The largest absolute Gasteiger partial charge is 0.241 e. The van der Waals surface area contributed by atoms with Gasteiger partial charge in [-0.15, -0.1) is 0 Å². The summed E-state index contributed by atoms with van der Waals surface area (Å²) in [4.78, 5) is 0.408. The molecule has 0 fully saturated rings. The fourth-order valence-electron chi connectivity index (χ4n) is 3.85. The lowest BCUT2D eigenvalue weighted by molar-refractivity contribution is 0.527. The molecule has 2 aromatic carbocycles. The van der Waals surface area contributed by atoms with Crippen molar-refractivity contribution < 1.29 is 16.8 Å². The molecule has 2 aromatic rings. The lowest BCUT2D eigenvalue weighted by Gasteiger charge is -2.27. The first-order chi connectivity index (χ1) is 12.9. The highest BCUT2D eigenvalue weighted by Gasteiger charge is 2.34. The molecular weight excluding hydrogens is 418 g/mol. The van der Waals surface area contributed by atoms with E-state index < -0.39 is 25.9 Å². The van der Waals surface area contributed by atoms with Crippen molar-refractivity contribution >= 4 is 31.5 Å². The molecule has 0 aliphatic carbocycles. The number of fused-ring (bicyclic) bond motifs is 1. The van der Waals surface area contributed by atoms with Gasteiger partial charge in [-0.1, -0.05) is 11.6 Å². The molecule has 1 aliphatic rings. The topological polar surface area (TPSA) is 80.3 Å². The highest BCUT2D eigenvalue weighted by atomic mass is 35.5. The van der Waals surface area contributed by atoms with Crippen molar-refractivity contribution in [3.8, 4) is 0 Å². The standard InChI is InChI=1S/C20H24ClNO4S2/c1-11-12(2)14(4)20(15(5)13(11)3)28(25,26)22-18-8-9-27(23,24)19-7-6-16(21)10-17(18)19/h6-7,10,18,22H,8-9H2,1-5H3/t18-/m0/s1. The summed E-state index contributed by atoms with van der Waals surface area (Å²) in [5, 5.41) is 0.370. The van der Waals surface area contributed by atoms with Gasteiger partial charge in [-0.05, 0) is 92.6 Å². The Hall–Kier alpha value is -1.41. The van der Waals surface area contributed by atoms with Crippen molar-refractivity contribution in [1.29, 1.82) is 0 Å². The van der Waals surface area contributed by atoms with E-state index in [2.05, 4.69) is 4.72 Å². The molecule has 28 heavy (non-hydrogen) atoms. The number of hydrogen-bond acceptors (Lipinski definition) is 4. The summed E-state index contributed by atoms with van der Waals surface area (Å²) in [5.41, 5.74) is 4.79. The van der Waals surface area contributed by atoms with E-state index in [0.29, 0.717) is 21.7 Å². The van der Waals surface area contributed by atoms with Crippen LogP contribution in [0, 0.1) is 34.6 Å². The Kier molecular flexibility index (Phi) is 5.42. The van der Waals surface area contributed by atoms with Crippen LogP contribution in [0.25, 0.3) is 0 Å². The number of halogens is 1. The van der Waals surface area contributed by atoms with E-state index in [1.54, 1.807) is 13.8 Å². The summed E-state index contributed by atoms with van der Waals surface area (Å²) in [7, 11) is -7.30. The maximum absolute atomic E-state index is 13.3. The number of hydrogen-bond donors (Lipinski definition) is 1. The minimum absolute atomic E-state index is 0.112. The van der Waals surface area contributed by atoms with Crippen LogP contribution in [0.5, 0.6) is 0 Å². The van der Waals surface area contributed by atoms with E-state index in [1.807, 2.05) is 20.8 Å². The third-order valence-electron chi connectivity index (χ3n) is 5.85. The van der Waals surface area contributed by atoms with Crippen LogP contribution in [-0.2, 0) is 19.9 Å². The normalized spacial score (nSPS) is 18.7. The predicted octanol–water partition coefficient (Wildman–Crippen LogP) is 4.08. The average Bonchev–Trinajstić information content (AvgIpc) is 2.60. The van der Waals surface area contributed by atoms with Gasteiger partial charge in [-0.25, -0.2) is 21.6 Å². The second-order valence-electron chi connectivity index (χ2n) is 7.42. The Bertz CT molecular complexity index is 1160. The van der Waals surface area contributed by atoms with E-state index in [4.69, 9.17) is 11.6 Å². The maximum atomic E-state index is 13.3. The van der Waals surface area contributed by atoms with Crippen LogP contribution in [0.1, 0.15) is 45.8 Å². The van der Waals surface area contributed by atoms with Crippen molar-refractivity contribution in [2.24, 2.45) is 0 Å². The minimum Gasteiger partial charge on any atom is -0.224 e. The van der Waals surface area contributed by atoms with E-state index in [0.717, 1.165) is 16.7 Å². The summed E-state index contributed by atoms with van der Waals surface area (Å²) >= 11 is 6.06. The summed E-state index contributed by atoms with van der Waals surface area (Å²) in [6.07, 6.45) is 0.164. The first-order valence-corrected chi connectivity index (χ1v) is 12.5. The van der Waals surface area contributed by atoms with Crippen LogP contribution in [0.3, 0.4) is 0 Å². The Morgan fingerprint density at radius 1 is 0.964 bits per heavy atom. The molecule has 0 amide bonds. The van der Waals surface area contributed by atoms with Gasteiger partial charge >= 0.3 is 0 Å². The lowest BCUT2D eigenvalue weighted by atomic mass is 9.95. The summed E-state index contributed by atoms with van der Waals surface area (Å²) in [6, 6.07) is 3.84. The summed E-state index contributed by atoms with van der Waals surface area (Å²) < 4.78 is 54.1. The highest BCUT2D eigenvalue weighted by molar-refractivity contribution is 7.91. The quantitative estimate of drug-likeness (QED) is 0.778. The van der Waals surface area contributed by atoms with Crippen LogP contribution in [-0.4, -0.2) is 22.6 Å². The van der Waals surface area contributed by atoms with Crippen LogP contribution in [0.4, 0.5) is 0 Å². The zero-order chi connectivity index (χ0) is 21.0. The Morgan fingerprint density at radius 3 is 2.07 bits per heavy atom. The molecule has 0 bridgehead atoms. The van der Waals surface area contributed by atoms with Crippen LogP contribution < -0.4 is 4.72 Å². The molecule has 5 nitrogen and oxygen atoms in total. The molecule has 1 aliphatic heterocycles. The van der Waals surface area contributed by atoms with Gasteiger partial charge in [0.05, 0.1) is 15.5 Å². The van der Waals surface area contributed by atoms with Crippen molar-refractivity contribution in [3.63, 3.8) is 0 Å². The number of nitrogens with one attached hydrogen (secondary N) is 1. The van der Waals surface area contributed by atoms with Crippen molar-refractivity contribution in [3.05, 3.63) is 56.6 Å². The SMILES string of the molecule is Cc1c(C)c(C)c(S(=O)(=O)N[C@H]2CCS(=O)(=O)c3ccc(Cl)cc32)c(C)c1C. The molecule has 0 radical (unpaired) electrons. The fourth-order valence-corrected chi connectivity index (χ4v) is 7.48. The second-order valence-corrected chi connectivity index (χ2v) is 11.6. The molecular formula is C20H24ClNO4S2. The molecule has 8 heteroatoms. The van der Waals surface area contributed by atoms with Gasteiger partial charge in [-0.2, -0.15) is 0 Å². The summed E-state index contributed by atoms with van der Waals surface area (Å²) in [5.74, 6) is -0.112. The van der Waals surface area contributed by atoms with Gasteiger partial charge in [0.1, 0.15) is 0 Å². The van der Waals surface area contributed by atoms with Crippen molar-refractivity contribution in [1.82, 2.24) is 4.72 Å². The molecule has 1 atom stereocenters. The molecule has 0 spiro atoms. The first-order valence-electron chi connectivity index (χ1n) is 8.98. The van der Waals surface area contributed by atoms with Crippen molar-refractivity contribution in [2.75, 3.05) is 5.75 Å². The van der Waals surface area contributed by atoms with Gasteiger partial charge in [-0.3, -0.25) is 0 Å². The van der Waals surface area contributed by atoms with E-state index >= 15 is 0 Å². The maximum Gasteiger partial charge on any atom is 0.241 e. The van der Waals surface area contributed by atoms with E-state index in [-0.39, 0.29) is 22.0 Å². The van der Waals surface area contributed by atoms with Crippen LogP contribution in [0.15, 0.2) is 28.0 Å². The van der Waals surface area contributed by atoms with Gasteiger partial charge in [0, 0.05) is 11.1 Å². The molecule has 152 valence electrons. The third kappa shape index (κ3) is 3.49. The number of sulfone groups is 1. The second kappa shape index (κ2) is 7.13. The smallest absolute Gasteiger partial charge is 0.224 e. The Balaban J connectivity index is 2.12. The van der Waals surface area contributed by atoms with E-state index in [1.165, 1.54) is 18.2 Å². The zero-order valence-electron chi connectivity index (χ0n) is 16.6. The molecule has 0 aromatic heterocycles. The minimum atomic E-state index is -3.86. The van der Waals surface area contributed by atoms with E-state index in [9.17, 15) is 16.8 Å². The van der Waals surface area contributed by atoms with Crippen molar-refractivity contribution in [2.45, 2.75) is 56.9 Å². The molecule has 0 saturated carbocycles. The fraction of sp³-hybridized carbons (Fsp3) is 0.400. The predicted molar refractivity (Wildman–Crippen MR) is 111 cm³/mol. The number of sulfonamides is 1. The van der Waals surface area contributed by atoms with Gasteiger partial charge in [0.25, 0.3) is 0 Å². The third-order valence-corrected chi connectivity index (χ3v) is 9.65. The summed E-state index contributed by atoms with van der Waals surface area (Å²) in [6.45, 7) is 9.43.